The summed E-state index contributed by atoms with van der Waals surface area (Å²) in [5.74, 6) is 0.0570. The van der Waals surface area contributed by atoms with Crippen molar-refractivity contribution in [1.29, 1.82) is 0 Å². The maximum Gasteiger partial charge on any atom is 0.416 e. The lowest BCUT2D eigenvalue weighted by molar-refractivity contribution is -0.137. The zero-order valence-electron chi connectivity index (χ0n) is 13.6. The summed E-state index contributed by atoms with van der Waals surface area (Å²) in [7, 11) is 0. The second-order valence-corrected chi connectivity index (χ2v) is 5.66. The Morgan fingerprint density at radius 1 is 1.08 bits per heavy atom. The Labute approximate surface area is 147 Å². The van der Waals surface area contributed by atoms with Crippen molar-refractivity contribution in [2.24, 2.45) is 0 Å². The van der Waals surface area contributed by atoms with Gasteiger partial charge in [0.05, 0.1) is 17.7 Å². The van der Waals surface area contributed by atoms with Crippen LogP contribution in [0.4, 0.5) is 13.2 Å². The standard InChI is InChI=1S/C19H15F3N2O2/c20-19(21,22)15-8-4-5-13(9-15)11-23-17(25)10-16-12-26-18(24-16)14-6-2-1-3-7-14/h1-9,12H,10-11H2,(H,23,25). The third-order valence-electron chi connectivity index (χ3n) is 3.66. The van der Waals surface area contributed by atoms with Gasteiger partial charge in [0, 0.05) is 12.1 Å². The van der Waals surface area contributed by atoms with E-state index in [9.17, 15) is 18.0 Å². The molecule has 1 heterocycles. The van der Waals surface area contributed by atoms with E-state index >= 15 is 0 Å². The van der Waals surface area contributed by atoms with Gasteiger partial charge >= 0.3 is 6.18 Å². The lowest BCUT2D eigenvalue weighted by atomic mass is 10.1. The minimum absolute atomic E-state index is 0.00610. The SMILES string of the molecule is O=C(Cc1coc(-c2ccccc2)n1)NCc1cccc(C(F)(F)F)c1. The third-order valence-corrected chi connectivity index (χ3v) is 3.66. The number of aromatic nitrogens is 1. The molecule has 1 amide bonds. The van der Waals surface area contributed by atoms with E-state index in [0.29, 0.717) is 17.1 Å². The summed E-state index contributed by atoms with van der Waals surface area (Å²) < 4.78 is 43.4. The van der Waals surface area contributed by atoms with Gasteiger partial charge in [0.1, 0.15) is 6.26 Å². The van der Waals surface area contributed by atoms with Crippen LogP contribution >= 0.6 is 0 Å². The summed E-state index contributed by atoms with van der Waals surface area (Å²) in [4.78, 5) is 16.2. The zero-order valence-corrected chi connectivity index (χ0v) is 13.6. The highest BCUT2D eigenvalue weighted by Crippen LogP contribution is 2.29. The molecule has 134 valence electrons. The van der Waals surface area contributed by atoms with Gasteiger partial charge in [0.25, 0.3) is 0 Å². The smallest absolute Gasteiger partial charge is 0.416 e. The lowest BCUT2D eigenvalue weighted by Crippen LogP contribution is -2.24. The Morgan fingerprint density at radius 3 is 2.58 bits per heavy atom. The topological polar surface area (TPSA) is 55.1 Å². The maximum atomic E-state index is 12.7. The van der Waals surface area contributed by atoms with E-state index < -0.39 is 11.7 Å². The fraction of sp³-hybridized carbons (Fsp3) is 0.158. The molecule has 0 aliphatic heterocycles. The van der Waals surface area contributed by atoms with Crippen molar-refractivity contribution in [3.63, 3.8) is 0 Å². The van der Waals surface area contributed by atoms with Crippen molar-refractivity contribution in [2.75, 3.05) is 0 Å². The second kappa shape index (κ2) is 7.43. The molecule has 7 heteroatoms. The molecular formula is C19H15F3N2O2. The first-order chi connectivity index (χ1) is 12.4. The van der Waals surface area contributed by atoms with Crippen molar-refractivity contribution in [3.8, 4) is 11.5 Å². The van der Waals surface area contributed by atoms with E-state index in [1.165, 1.54) is 18.4 Å². The highest BCUT2D eigenvalue weighted by Gasteiger charge is 2.30. The van der Waals surface area contributed by atoms with Crippen molar-refractivity contribution in [3.05, 3.63) is 77.7 Å². The first-order valence-electron chi connectivity index (χ1n) is 7.84. The van der Waals surface area contributed by atoms with Gasteiger partial charge in [0.15, 0.2) is 0 Å². The maximum absolute atomic E-state index is 12.7. The summed E-state index contributed by atoms with van der Waals surface area (Å²) in [5, 5.41) is 2.59. The van der Waals surface area contributed by atoms with Gasteiger partial charge < -0.3 is 9.73 Å². The number of carbonyl (C=O) groups excluding carboxylic acids is 1. The Balaban J connectivity index is 1.58. The minimum atomic E-state index is -4.41. The van der Waals surface area contributed by atoms with Gasteiger partial charge in [-0.1, -0.05) is 30.3 Å². The molecule has 4 nitrogen and oxygen atoms in total. The summed E-state index contributed by atoms with van der Waals surface area (Å²) in [6, 6.07) is 14.1. The Bertz CT molecular complexity index is 889. The number of nitrogens with zero attached hydrogens (tertiary/aromatic N) is 1. The van der Waals surface area contributed by atoms with Crippen LogP contribution in [0, 0.1) is 0 Å². The predicted octanol–water partition coefficient (Wildman–Crippen LogP) is 4.22. The first kappa shape index (κ1) is 17.7. The Morgan fingerprint density at radius 2 is 1.85 bits per heavy atom. The molecule has 3 aromatic rings. The fourth-order valence-corrected chi connectivity index (χ4v) is 2.39. The number of hydrogen-bond donors (Lipinski definition) is 1. The number of carbonyl (C=O) groups is 1. The van der Waals surface area contributed by atoms with Gasteiger partial charge in [-0.25, -0.2) is 4.98 Å². The van der Waals surface area contributed by atoms with Crippen LogP contribution < -0.4 is 5.32 Å². The summed E-state index contributed by atoms with van der Waals surface area (Å²) >= 11 is 0. The van der Waals surface area contributed by atoms with Gasteiger partial charge in [-0.3, -0.25) is 4.79 Å². The van der Waals surface area contributed by atoms with Crippen LogP contribution in [-0.2, 0) is 23.9 Å². The number of nitrogens with one attached hydrogen (secondary N) is 1. The van der Waals surface area contributed by atoms with Crippen LogP contribution in [0.2, 0.25) is 0 Å². The lowest BCUT2D eigenvalue weighted by Gasteiger charge is -2.09. The van der Waals surface area contributed by atoms with E-state index in [2.05, 4.69) is 10.3 Å². The van der Waals surface area contributed by atoms with E-state index in [-0.39, 0.29) is 18.9 Å². The van der Waals surface area contributed by atoms with Crippen LogP contribution in [-0.4, -0.2) is 10.9 Å². The largest absolute Gasteiger partial charge is 0.444 e. The van der Waals surface area contributed by atoms with Crippen molar-refractivity contribution in [1.82, 2.24) is 10.3 Å². The van der Waals surface area contributed by atoms with Crippen molar-refractivity contribution < 1.29 is 22.4 Å². The molecule has 1 N–H and O–H groups in total. The average molecular weight is 360 g/mol. The van der Waals surface area contributed by atoms with Gasteiger partial charge in [-0.15, -0.1) is 0 Å². The zero-order chi connectivity index (χ0) is 18.6. The van der Waals surface area contributed by atoms with E-state index in [4.69, 9.17) is 4.42 Å². The average Bonchev–Trinajstić information content (AvgIpc) is 3.09. The molecule has 0 radical (unpaired) electrons. The van der Waals surface area contributed by atoms with Gasteiger partial charge in [-0.2, -0.15) is 13.2 Å². The van der Waals surface area contributed by atoms with Crippen molar-refractivity contribution >= 4 is 5.91 Å². The minimum Gasteiger partial charge on any atom is -0.444 e. The normalized spacial score (nSPS) is 11.3. The molecule has 3 rings (SSSR count). The molecule has 1 aromatic heterocycles. The number of amides is 1. The summed E-state index contributed by atoms with van der Waals surface area (Å²) in [6.45, 7) is 0.00610. The first-order valence-corrected chi connectivity index (χ1v) is 7.84. The quantitative estimate of drug-likeness (QED) is 0.741. The Hall–Kier alpha value is -3.09. The number of alkyl halides is 3. The number of benzene rings is 2. The van der Waals surface area contributed by atoms with E-state index in [1.807, 2.05) is 30.3 Å². The molecule has 0 aliphatic carbocycles. The second-order valence-electron chi connectivity index (χ2n) is 5.66. The molecule has 0 unspecified atom stereocenters. The molecule has 0 saturated carbocycles. The van der Waals surface area contributed by atoms with Gasteiger partial charge in [0.2, 0.25) is 11.8 Å². The molecule has 0 bridgehead atoms. The fourth-order valence-electron chi connectivity index (χ4n) is 2.39. The third kappa shape index (κ3) is 4.50. The highest BCUT2D eigenvalue weighted by atomic mass is 19.4. The highest BCUT2D eigenvalue weighted by molar-refractivity contribution is 5.78. The van der Waals surface area contributed by atoms with Crippen molar-refractivity contribution in [2.45, 2.75) is 19.1 Å². The van der Waals surface area contributed by atoms with Crippen LogP contribution in [0.1, 0.15) is 16.8 Å². The Kier molecular flexibility index (Phi) is 5.06. The number of hydrogen-bond acceptors (Lipinski definition) is 3. The van der Waals surface area contributed by atoms with Crippen LogP contribution in [0.5, 0.6) is 0 Å². The van der Waals surface area contributed by atoms with Crippen LogP contribution in [0.15, 0.2) is 65.3 Å². The molecule has 26 heavy (non-hydrogen) atoms. The predicted molar refractivity (Wildman–Crippen MR) is 88.9 cm³/mol. The number of rotatable bonds is 5. The van der Waals surface area contributed by atoms with Crippen LogP contribution in [0.3, 0.4) is 0 Å². The molecule has 0 fully saturated rings. The van der Waals surface area contributed by atoms with Crippen LogP contribution in [0.25, 0.3) is 11.5 Å². The molecule has 0 saturated heterocycles. The van der Waals surface area contributed by atoms with E-state index in [1.54, 1.807) is 0 Å². The number of halogens is 3. The van der Waals surface area contributed by atoms with E-state index in [0.717, 1.165) is 17.7 Å². The summed E-state index contributed by atoms with van der Waals surface area (Å²) in [6.07, 6.45) is -3.03. The molecular weight excluding hydrogens is 345 g/mol. The monoisotopic (exact) mass is 360 g/mol. The molecule has 2 aromatic carbocycles. The number of oxazole rings is 1. The molecule has 0 aliphatic rings. The molecule has 0 atom stereocenters. The molecule has 0 spiro atoms. The summed E-state index contributed by atoms with van der Waals surface area (Å²) in [5.41, 5.74) is 0.875. The van der Waals surface area contributed by atoms with Gasteiger partial charge in [-0.05, 0) is 29.8 Å².